The van der Waals surface area contributed by atoms with Gasteiger partial charge in [-0.2, -0.15) is 0 Å². The van der Waals surface area contributed by atoms with Crippen molar-refractivity contribution in [1.82, 2.24) is 4.90 Å². The van der Waals surface area contributed by atoms with E-state index in [1.54, 1.807) is 0 Å². The molecule has 0 amide bonds. The highest BCUT2D eigenvalue weighted by Gasteiger charge is 2.18. The van der Waals surface area contributed by atoms with Gasteiger partial charge in [0.15, 0.2) is 0 Å². The fraction of sp³-hybridized carbons (Fsp3) is 0.600. The Balaban J connectivity index is 1.94. The fourth-order valence-corrected chi connectivity index (χ4v) is 2.41. The molecule has 1 unspecified atom stereocenters. The highest BCUT2D eigenvalue weighted by molar-refractivity contribution is 5.24. The normalized spacial score (nSPS) is 22.0. The Bertz CT molecular complexity index is 344. The zero-order valence-corrected chi connectivity index (χ0v) is 10.8. The SMILES string of the molecule is CC(C)c1ccc(CN2CCCC(F)C2)cc1. The minimum absolute atomic E-state index is 0.578. The quantitative estimate of drug-likeness (QED) is 0.771. The first-order chi connectivity index (χ1) is 8.15. The summed E-state index contributed by atoms with van der Waals surface area (Å²) in [6.07, 6.45) is 1.10. The number of hydrogen-bond donors (Lipinski definition) is 0. The van der Waals surface area contributed by atoms with Crippen molar-refractivity contribution >= 4 is 0 Å². The van der Waals surface area contributed by atoms with Crippen LogP contribution < -0.4 is 0 Å². The summed E-state index contributed by atoms with van der Waals surface area (Å²) in [5.41, 5.74) is 2.67. The van der Waals surface area contributed by atoms with Crippen molar-refractivity contribution < 1.29 is 4.39 Å². The number of piperidine rings is 1. The molecular weight excluding hydrogens is 213 g/mol. The maximum atomic E-state index is 13.3. The Kier molecular flexibility index (Phi) is 4.16. The summed E-state index contributed by atoms with van der Waals surface area (Å²) in [7, 11) is 0. The first kappa shape index (κ1) is 12.6. The number of likely N-dealkylation sites (tertiary alicyclic amines) is 1. The zero-order chi connectivity index (χ0) is 12.3. The van der Waals surface area contributed by atoms with E-state index in [0.29, 0.717) is 12.5 Å². The Morgan fingerprint density at radius 2 is 2.00 bits per heavy atom. The predicted octanol–water partition coefficient (Wildman–Crippen LogP) is 3.74. The van der Waals surface area contributed by atoms with Gasteiger partial charge in [0.2, 0.25) is 0 Å². The molecule has 0 bridgehead atoms. The van der Waals surface area contributed by atoms with E-state index in [1.807, 2.05) is 0 Å². The maximum absolute atomic E-state index is 13.3. The first-order valence-corrected chi connectivity index (χ1v) is 6.60. The molecule has 1 aromatic carbocycles. The van der Waals surface area contributed by atoms with Crippen LogP contribution >= 0.6 is 0 Å². The molecule has 1 aromatic rings. The molecule has 0 spiro atoms. The average molecular weight is 235 g/mol. The lowest BCUT2D eigenvalue weighted by molar-refractivity contribution is 0.133. The molecule has 1 aliphatic rings. The molecule has 1 saturated heterocycles. The largest absolute Gasteiger partial charge is 0.296 e. The van der Waals surface area contributed by atoms with Gasteiger partial charge in [0.05, 0.1) is 0 Å². The smallest absolute Gasteiger partial charge is 0.113 e. The molecule has 2 rings (SSSR count). The first-order valence-electron chi connectivity index (χ1n) is 6.60. The van der Waals surface area contributed by atoms with E-state index >= 15 is 0 Å². The van der Waals surface area contributed by atoms with E-state index in [9.17, 15) is 4.39 Å². The van der Waals surface area contributed by atoms with E-state index in [1.165, 1.54) is 11.1 Å². The van der Waals surface area contributed by atoms with E-state index in [2.05, 4.69) is 43.0 Å². The standard InChI is InChI=1S/C15H22FN/c1-12(2)14-7-5-13(6-8-14)10-17-9-3-4-15(16)11-17/h5-8,12,15H,3-4,9-11H2,1-2H3. The number of hydrogen-bond acceptors (Lipinski definition) is 1. The summed E-state index contributed by atoms with van der Waals surface area (Å²) >= 11 is 0. The Morgan fingerprint density at radius 1 is 1.29 bits per heavy atom. The fourth-order valence-electron chi connectivity index (χ4n) is 2.41. The van der Waals surface area contributed by atoms with Crippen molar-refractivity contribution in [3.8, 4) is 0 Å². The molecule has 0 aliphatic carbocycles. The van der Waals surface area contributed by atoms with E-state index < -0.39 is 6.17 Å². The lowest BCUT2D eigenvalue weighted by Crippen LogP contribution is -2.35. The van der Waals surface area contributed by atoms with Crippen LogP contribution in [0.25, 0.3) is 0 Å². The average Bonchev–Trinajstić information content (AvgIpc) is 2.29. The van der Waals surface area contributed by atoms with Gasteiger partial charge in [-0.05, 0) is 36.4 Å². The molecule has 94 valence electrons. The molecule has 2 heteroatoms. The topological polar surface area (TPSA) is 3.24 Å². The van der Waals surface area contributed by atoms with Gasteiger partial charge in [0, 0.05) is 13.1 Å². The monoisotopic (exact) mass is 235 g/mol. The van der Waals surface area contributed by atoms with Crippen molar-refractivity contribution in [2.24, 2.45) is 0 Å². The van der Waals surface area contributed by atoms with E-state index in [4.69, 9.17) is 0 Å². The molecule has 1 nitrogen and oxygen atoms in total. The van der Waals surface area contributed by atoms with Gasteiger partial charge in [-0.3, -0.25) is 4.90 Å². The van der Waals surface area contributed by atoms with Gasteiger partial charge < -0.3 is 0 Å². The van der Waals surface area contributed by atoms with Crippen LogP contribution in [-0.2, 0) is 6.54 Å². The Morgan fingerprint density at radius 3 is 2.59 bits per heavy atom. The molecule has 0 N–H and O–H groups in total. The number of rotatable bonds is 3. The van der Waals surface area contributed by atoms with Crippen LogP contribution in [0.2, 0.25) is 0 Å². The number of halogens is 1. The molecular formula is C15H22FN. The van der Waals surface area contributed by atoms with E-state index in [0.717, 1.165) is 25.9 Å². The maximum Gasteiger partial charge on any atom is 0.113 e. The number of alkyl halides is 1. The van der Waals surface area contributed by atoms with Crippen molar-refractivity contribution in [1.29, 1.82) is 0 Å². The second-order valence-electron chi connectivity index (χ2n) is 5.37. The Hall–Kier alpha value is -0.890. The van der Waals surface area contributed by atoms with Gasteiger partial charge in [0.25, 0.3) is 0 Å². The van der Waals surface area contributed by atoms with E-state index in [-0.39, 0.29) is 0 Å². The second-order valence-corrected chi connectivity index (χ2v) is 5.37. The molecule has 1 fully saturated rings. The van der Waals surface area contributed by atoms with Gasteiger partial charge >= 0.3 is 0 Å². The van der Waals surface area contributed by atoms with Crippen LogP contribution in [-0.4, -0.2) is 24.2 Å². The molecule has 1 aliphatic heterocycles. The van der Waals surface area contributed by atoms with Crippen molar-refractivity contribution in [3.05, 3.63) is 35.4 Å². The highest BCUT2D eigenvalue weighted by Crippen LogP contribution is 2.18. The van der Waals surface area contributed by atoms with Crippen LogP contribution in [0.5, 0.6) is 0 Å². The summed E-state index contributed by atoms with van der Waals surface area (Å²) in [6.45, 7) is 6.93. The zero-order valence-electron chi connectivity index (χ0n) is 10.8. The third kappa shape index (κ3) is 3.53. The molecule has 17 heavy (non-hydrogen) atoms. The van der Waals surface area contributed by atoms with Crippen LogP contribution in [0.1, 0.15) is 43.7 Å². The van der Waals surface area contributed by atoms with Gasteiger partial charge in [-0.15, -0.1) is 0 Å². The van der Waals surface area contributed by atoms with Crippen LogP contribution in [0.15, 0.2) is 24.3 Å². The van der Waals surface area contributed by atoms with Gasteiger partial charge in [-0.25, -0.2) is 4.39 Å². The van der Waals surface area contributed by atoms with Gasteiger partial charge in [0.1, 0.15) is 6.17 Å². The third-order valence-corrected chi connectivity index (χ3v) is 3.50. The second kappa shape index (κ2) is 5.63. The summed E-state index contributed by atoms with van der Waals surface area (Å²) in [4.78, 5) is 2.22. The summed E-state index contributed by atoms with van der Waals surface area (Å²) in [5, 5.41) is 0. The molecule has 0 saturated carbocycles. The number of nitrogens with zero attached hydrogens (tertiary/aromatic N) is 1. The van der Waals surface area contributed by atoms with Crippen LogP contribution in [0.4, 0.5) is 4.39 Å². The van der Waals surface area contributed by atoms with Crippen LogP contribution in [0, 0.1) is 0 Å². The molecule has 0 radical (unpaired) electrons. The van der Waals surface area contributed by atoms with Gasteiger partial charge in [-0.1, -0.05) is 38.1 Å². The molecule has 1 heterocycles. The van der Waals surface area contributed by atoms with Crippen molar-refractivity contribution in [2.45, 2.75) is 45.3 Å². The lowest BCUT2D eigenvalue weighted by atomic mass is 10.0. The van der Waals surface area contributed by atoms with Crippen molar-refractivity contribution in [2.75, 3.05) is 13.1 Å². The van der Waals surface area contributed by atoms with Crippen molar-refractivity contribution in [3.63, 3.8) is 0 Å². The Labute approximate surface area is 104 Å². The predicted molar refractivity (Wildman–Crippen MR) is 69.9 cm³/mol. The highest BCUT2D eigenvalue weighted by atomic mass is 19.1. The summed E-state index contributed by atoms with van der Waals surface area (Å²) in [5.74, 6) is 0.578. The third-order valence-electron chi connectivity index (χ3n) is 3.50. The van der Waals surface area contributed by atoms with Crippen LogP contribution in [0.3, 0.4) is 0 Å². The lowest BCUT2D eigenvalue weighted by Gasteiger charge is -2.28. The summed E-state index contributed by atoms with van der Waals surface area (Å²) in [6, 6.07) is 8.74. The summed E-state index contributed by atoms with van der Waals surface area (Å²) < 4.78 is 13.3. The minimum Gasteiger partial charge on any atom is -0.296 e. The molecule has 1 atom stereocenters. The number of benzene rings is 1. The minimum atomic E-state index is -0.626. The molecule has 0 aromatic heterocycles.